The number of aromatic carboxylic acids is 1. The maximum Gasteiger partial charge on any atom is 0.356 e. The Hall–Kier alpha value is -2.63. The Kier molecular flexibility index (Phi) is 5.30. The quantitative estimate of drug-likeness (QED) is 0.845. The van der Waals surface area contributed by atoms with Crippen molar-refractivity contribution in [2.24, 2.45) is 0 Å². The summed E-state index contributed by atoms with van der Waals surface area (Å²) in [6.07, 6.45) is 4.68. The molecule has 6 nitrogen and oxygen atoms in total. The highest BCUT2D eigenvalue weighted by atomic mass is 16.5. The minimum Gasteiger partial charge on any atom is -0.497 e. The SMILES string of the molecule is COc1ccc(CCCN(C)c2cnc(C(=O)O)cn2)cc1. The molecule has 1 aromatic carbocycles. The summed E-state index contributed by atoms with van der Waals surface area (Å²) in [6.45, 7) is 0.813. The fourth-order valence-corrected chi connectivity index (χ4v) is 2.06. The molecule has 116 valence electrons. The Morgan fingerprint density at radius 3 is 2.50 bits per heavy atom. The molecule has 0 radical (unpaired) electrons. The minimum atomic E-state index is -1.07. The maximum absolute atomic E-state index is 10.7. The van der Waals surface area contributed by atoms with Crippen LogP contribution < -0.4 is 9.64 Å². The molecule has 0 aliphatic heterocycles. The number of nitrogens with zero attached hydrogens (tertiary/aromatic N) is 3. The van der Waals surface area contributed by atoms with Gasteiger partial charge in [0, 0.05) is 13.6 Å². The van der Waals surface area contributed by atoms with Gasteiger partial charge in [0.05, 0.1) is 19.5 Å². The lowest BCUT2D eigenvalue weighted by atomic mass is 10.1. The first kappa shape index (κ1) is 15.8. The highest BCUT2D eigenvalue weighted by Gasteiger charge is 2.07. The van der Waals surface area contributed by atoms with Crippen molar-refractivity contribution in [1.29, 1.82) is 0 Å². The van der Waals surface area contributed by atoms with E-state index in [0.29, 0.717) is 5.82 Å². The lowest BCUT2D eigenvalue weighted by molar-refractivity contribution is 0.0690. The van der Waals surface area contributed by atoms with Crippen LogP contribution in [-0.4, -0.2) is 41.7 Å². The minimum absolute atomic E-state index is 0.0459. The van der Waals surface area contributed by atoms with Gasteiger partial charge in [-0.15, -0.1) is 0 Å². The van der Waals surface area contributed by atoms with E-state index in [1.54, 1.807) is 7.11 Å². The van der Waals surface area contributed by atoms with Crippen LogP contribution in [0.3, 0.4) is 0 Å². The number of carboxylic acids is 1. The van der Waals surface area contributed by atoms with E-state index in [1.165, 1.54) is 18.0 Å². The van der Waals surface area contributed by atoms with Crippen LogP contribution >= 0.6 is 0 Å². The zero-order valence-electron chi connectivity index (χ0n) is 12.7. The number of rotatable bonds is 7. The van der Waals surface area contributed by atoms with E-state index in [-0.39, 0.29) is 5.69 Å². The molecule has 22 heavy (non-hydrogen) atoms. The summed E-state index contributed by atoms with van der Waals surface area (Å²) in [5, 5.41) is 8.79. The van der Waals surface area contributed by atoms with Crippen molar-refractivity contribution in [1.82, 2.24) is 9.97 Å². The topological polar surface area (TPSA) is 75.5 Å². The third-order valence-electron chi connectivity index (χ3n) is 3.37. The number of hydrogen-bond acceptors (Lipinski definition) is 5. The molecule has 0 aliphatic carbocycles. The third-order valence-corrected chi connectivity index (χ3v) is 3.37. The molecule has 2 aromatic rings. The zero-order chi connectivity index (χ0) is 15.9. The zero-order valence-corrected chi connectivity index (χ0v) is 12.7. The van der Waals surface area contributed by atoms with Gasteiger partial charge in [0.25, 0.3) is 0 Å². The number of carbonyl (C=O) groups is 1. The summed E-state index contributed by atoms with van der Waals surface area (Å²) >= 11 is 0. The number of aromatic nitrogens is 2. The van der Waals surface area contributed by atoms with Crippen molar-refractivity contribution in [3.05, 3.63) is 47.9 Å². The van der Waals surface area contributed by atoms with Crippen molar-refractivity contribution in [3.8, 4) is 5.75 Å². The van der Waals surface area contributed by atoms with Gasteiger partial charge in [-0.3, -0.25) is 0 Å². The van der Waals surface area contributed by atoms with Crippen LogP contribution in [-0.2, 0) is 6.42 Å². The molecule has 1 heterocycles. The second-order valence-corrected chi connectivity index (χ2v) is 4.94. The molecular weight excluding hydrogens is 282 g/mol. The molecule has 1 N–H and O–H groups in total. The molecule has 0 spiro atoms. The van der Waals surface area contributed by atoms with Crippen molar-refractivity contribution in [2.75, 3.05) is 25.6 Å². The van der Waals surface area contributed by atoms with Crippen LogP contribution in [0, 0.1) is 0 Å². The molecule has 0 amide bonds. The maximum atomic E-state index is 10.7. The van der Waals surface area contributed by atoms with E-state index in [0.717, 1.165) is 25.1 Å². The molecule has 0 atom stereocenters. The Balaban J connectivity index is 1.83. The first-order valence-corrected chi connectivity index (χ1v) is 6.99. The Morgan fingerprint density at radius 1 is 1.23 bits per heavy atom. The van der Waals surface area contributed by atoms with Crippen LogP contribution in [0.4, 0.5) is 5.82 Å². The summed E-state index contributed by atoms with van der Waals surface area (Å²) in [7, 11) is 3.57. The monoisotopic (exact) mass is 301 g/mol. The van der Waals surface area contributed by atoms with Crippen LogP contribution in [0.2, 0.25) is 0 Å². The average Bonchev–Trinajstić information content (AvgIpc) is 2.55. The molecule has 2 rings (SSSR count). The fourth-order valence-electron chi connectivity index (χ4n) is 2.06. The predicted molar refractivity (Wildman–Crippen MR) is 83.6 cm³/mol. The van der Waals surface area contributed by atoms with Gasteiger partial charge < -0.3 is 14.7 Å². The van der Waals surface area contributed by atoms with Gasteiger partial charge >= 0.3 is 5.97 Å². The number of anilines is 1. The number of aryl methyl sites for hydroxylation is 1. The molecule has 0 aliphatic rings. The first-order chi connectivity index (χ1) is 10.6. The van der Waals surface area contributed by atoms with Crippen LogP contribution in [0.15, 0.2) is 36.7 Å². The van der Waals surface area contributed by atoms with Gasteiger partial charge in [-0.1, -0.05) is 12.1 Å². The number of carboxylic acid groups (broad SMARTS) is 1. The lowest BCUT2D eigenvalue weighted by Crippen LogP contribution is -2.20. The van der Waals surface area contributed by atoms with Gasteiger partial charge in [-0.05, 0) is 30.5 Å². The van der Waals surface area contributed by atoms with Crippen molar-refractivity contribution in [3.63, 3.8) is 0 Å². The largest absolute Gasteiger partial charge is 0.497 e. The predicted octanol–water partition coefficient (Wildman–Crippen LogP) is 2.25. The summed E-state index contributed by atoms with van der Waals surface area (Å²) in [5.74, 6) is 0.454. The Morgan fingerprint density at radius 2 is 1.95 bits per heavy atom. The molecule has 0 saturated heterocycles. The number of benzene rings is 1. The number of ether oxygens (including phenoxy) is 1. The van der Waals surface area contributed by atoms with E-state index < -0.39 is 5.97 Å². The van der Waals surface area contributed by atoms with Crippen LogP contribution in [0.25, 0.3) is 0 Å². The van der Waals surface area contributed by atoms with Gasteiger partial charge in [0.2, 0.25) is 0 Å². The van der Waals surface area contributed by atoms with Gasteiger partial charge in [0.15, 0.2) is 5.69 Å². The summed E-state index contributed by atoms with van der Waals surface area (Å²) < 4.78 is 5.13. The van der Waals surface area contributed by atoms with Crippen LogP contribution in [0.5, 0.6) is 5.75 Å². The highest BCUT2D eigenvalue weighted by Crippen LogP contribution is 2.13. The Bertz CT molecular complexity index is 612. The third kappa shape index (κ3) is 4.18. The van der Waals surface area contributed by atoms with Gasteiger partial charge in [-0.25, -0.2) is 14.8 Å². The summed E-state index contributed by atoms with van der Waals surface area (Å²) in [5.41, 5.74) is 1.21. The standard InChI is InChI=1S/C16H19N3O3/c1-19(15-11-17-14(10-18-15)16(20)21)9-3-4-12-5-7-13(22-2)8-6-12/h5-8,10-11H,3-4,9H2,1-2H3,(H,20,21). The summed E-state index contributed by atoms with van der Waals surface area (Å²) in [6, 6.07) is 8.02. The molecular formula is C16H19N3O3. The second kappa shape index (κ2) is 7.40. The first-order valence-electron chi connectivity index (χ1n) is 6.99. The number of hydrogen-bond donors (Lipinski definition) is 1. The molecule has 0 saturated carbocycles. The second-order valence-electron chi connectivity index (χ2n) is 4.94. The van der Waals surface area contributed by atoms with Gasteiger partial charge in [0.1, 0.15) is 11.6 Å². The fraction of sp³-hybridized carbons (Fsp3) is 0.312. The van der Waals surface area contributed by atoms with E-state index in [4.69, 9.17) is 9.84 Å². The molecule has 1 aromatic heterocycles. The van der Waals surface area contributed by atoms with Crippen LogP contribution in [0.1, 0.15) is 22.5 Å². The average molecular weight is 301 g/mol. The normalized spacial score (nSPS) is 10.3. The molecule has 6 heteroatoms. The van der Waals surface area contributed by atoms with Crippen molar-refractivity contribution >= 4 is 11.8 Å². The molecule has 0 unspecified atom stereocenters. The molecule has 0 bridgehead atoms. The van der Waals surface area contributed by atoms with Gasteiger partial charge in [-0.2, -0.15) is 0 Å². The number of methoxy groups -OCH3 is 1. The summed E-state index contributed by atoms with van der Waals surface area (Å²) in [4.78, 5) is 20.7. The van der Waals surface area contributed by atoms with E-state index in [9.17, 15) is 4.79 Å². The smallest absolute Gasteiger partial charge is 0.356 e. The van der Waals surface area contributed by atoms with E-state index in [2.05, 4.69) is 22.1 Å². The van der Waals surface area contributed by atoms with Crippen molar-refractivity contribution < 1.29 is 14.6 Å². The highest BCUT2D eigenvalue weighted by molar-refractivity contribution is 5.84. The molecule has 0 fully saturated rings. The van der Waals surface area contributed by atoms with Crippen molar-refractivity contribution in [2.45, 2.75) is 12.8 Å². The lowest BCUT2D eigenvalue weighted by Gasteiger charge is -2.17. The Labute approximate surface area is 129 Å². The van der Waals surface area contributed by atoms with E-state index >= 15 is 0 Å². The van der Waals surface area contributed by atoms with E-state index in [1.807, 2.05) is 24.1 Å².